The lowest BCUT2D eigenvalue weighted by Gasteiger charge is -2.19. The Kier molecular flexibility index (Phi) is 5.71. The van der Waals surface area contributed by atoms with Crippen LogP contribution in [-0.4, -0.2) is 26.8 Å². The Hall–Kier alpha value is -2.23. The summed E-state index contributed by atoms with van der Waals surface area (Å²) in [4.78, 5) is 23.1. The van der Waals surface area contributed by atoms with Gasteiger partial charge in [-0.25, -0.2) is 8.42 Å². The van der Waals surface area contributed by atoms with E-state index < -0.39 is 22.0 Å². The summed E-state index contributed by atoms with van der Waals surface area (Å²) in [5, 5.41) is 15.2. The molecular weight excluding hydrogens is 352 g/mol. The predicted molar refractivity (Wildman–Crippen MR) is 86.8 cm³/mol. The van der Waals surface area contributed by atoms with Gasteiger partial charge in [0.05, 0.1) is 21.8 Å². The summed E-state index contributed by atoms with van der Waals surface area (Å²) in [5.74, 6) is -1.95. The molecule has 1 aromatic carbocycles. The molecule has 0 unspecified atom stereocenters. The van der Waals surface area contributed by atoms with Crippen molar-refractivity contribution in [3.8, 4) is 0 Å². The number of amides is 1. The van der Waals surface area contributed by atoms with E-state index in [1.165, 1.54) is 23.6 Å². The highest BCUT2D eigenvalue weighted by atomic mass is 32.2. The third-order valence-electron chi connectivity index (χ3n) is 3.09. The maximum absolute atomic E-state index is 12.4. The quantitative estimate of drug-likeness (QED) is 0.729. The Morgan fingerprint density at radius 3 is 2.50 bits per heavy atom. The van der Waals surface area contributed by atoms with Gasteiger partial charge in [-0.3, -0.25) is 4.79 Å². The molecule has 0 fully saturated rings. The van der Waals surface area contributed by atoms with Crippen molar-refractivity contribution in [1.82, 2.24) is 10.0 Å². The van der Waals surface area contributed by atoms with E-state index in [1.807, 2.05) is 0 Å². The molecule has 0 saturated carbocycles. The molecule has 0 aliphatic heterocycles. The summed E-state index contributed by atoms with van der Waals surface area (Å²) in [6, 6.07) is 7.52. The molecule has 0 saturated heterocycles. The normalized spacial score (nSPS) is 12.5. The number of nitrogens with one attached hydrogen (secondary N) is 2. The van der Waals surface area contributed by atoms with Crippen LogP contribution in [0.4, 0.5) is 0 Å². The minimum atomic E-state index is -4.12. The van der Waals surface area contributed by atoms with Crippen LogP contribution >= 0.6 is 11.3 Å². The molecule has 0 aliphatic carbocycles. The molecule has 9 heteroatoms. The van der Waals surface area contributed by atoms with Crippen LogP contribution in [0.25, 0.3) is 0 Å². The first-order valence-electron chi connectivity index (χ1n) is 7.00. The third kappa shape index (κ3) is 4.19. The van der Waals surface area contributed by atoms with Gasteiger partial charge in [-0.05, 0) is 18.6 Å². The molecule has 2 rings (SSSR count). The number of hydrogen-bond donors (Lipinski definition) is 2. The Labute approximate surface area is 143 Å². The lowest BCUT2D eigenvalue weighted by molar-refractivity contribution is -0.308. The van der Waals surface area contributed by atoms with Gasteiger partial charge in [-0.2, -0.15) is 4.72 Å². The van der Waals surface area contributed by atoms with Gasteiger partial charge >= 0.3 is 0 Å². The van der Waals surface area contributed by atoms with Crippen LogP contribution in [0.2, 0.25) is 0 Å². The molecule has 0 spiro atoms. The molecule has 0 aliphatic rings. The van der Waals surface area contributed by atoms with E-state index in [1.54, 1.807) is 25.1 Å². The number of thiophene rings is 1. The standard InChI is InChI=1S/C15H16N2O5S2/c1-2-16-14(18)12-8-11(9-23-12)24(21,22)17-13(15(19)20)10-6-4-3-5-7-10/h3-9,13,17H,2H2,1H3,(H,16,18)(H,19,20)/p-1/t13-/m1/s1. The average molecular weight is 367 g/mol. The van der Waals surface area contributed by atoms with E-state index in [4.69, 9.17) is 0 Å². The SMILES string of the molecule is CCNC(=O)c1cc(S(=O)(=O)N[C@@H](C(=O)[O-])c2ccccc2)cs1. The maximum Gasteiger partial charge on any atom is 0.261 e. The van der Waals surface area contributed by atoms with Crippen molar-refractivity contribution >= 4 is 33.2 Å². The summed E-state index contributed by atoms with van der Waals surface area (Å²) in [6.45, 7) is 2.16. The van der Waals surface area contributed by atoms with Crippen LogP contribution in [0.15, 0.2) is 46.7 Å². The number of hydrogen-bond acceptors (Lipinski definition) is 6. The zero-order valence-electron chi connectivity index (χ0n) is 12.7. The van der Waals surface area contributed by atoms with Crippen molar-refractivity contribution < 1.29 is 23.1 Å². The molecule has 1 heterocycles. The topological polar surface area (TPSA) is 115 Å². The molecule has 7 nitrogen and oxygen atoms in total. The lowest BCUT2D eigenvalue weighted by Crippen LogP contribution is -2.41. The van der Waals surface area contributed by atoms with E-state index in [2.05, 4.69) is 10.0 Å². The molecule has 1 atom stereocenters. The summed E-state index contributed by atoms with van der Waals surface area (Å²) in [5.41, 5.74) is 0.250. The Balaban J connectivity index is 2.26. The maximum atomic E-state index is 12.4. The fraction of sp³-hybridized carbons (Fsp3) is 0.200. The fourth-order valence-electron chi connectivity index (χ4n) is 1.95. The number of carboxylic acids is 1. The van der Waals surface area contributed by atoms with Crippen molar-refractivity contribution in [3.05, 3.63) is 52.2 Å². The first-order chi connectivity index (χ1) is 11.3. The highest BCUT2D eigenvalue weighted by molar-refractivity contribution is 7.89. The summed E-state index contributed by atoms with van der Waals surface area (Å²) < 4.78 is 26.9. The number of rotatable bonds is 7. The van der Waals surface area contributed by atoms with Gasteiger partial charge in [-0.15, -0.1) is 11.3 Å². The molecule has 0 radical (unpaired) electrons. The van der Waals surface area contributed by atoms with Gasteiger partial charge in [0.25, 0.3) is 5.91 Å². The summed E-state index contributed by atoms with van der Waals surface area (Å²) in [7, 11) is -4.12. The molecule has 1 aromatic heterocycles. The van der Waals surface area contributed by atoms with E-state index in [0.717, 1.165) is 11.3 Å². The van der Waals surface area contributed by atoms with E-state index in [-0.39, 0.29) is 21.2 Å². The van der Waals surface area contributed by atoms with Crippen molar-refractivity contribution in [1.29, 1.82) is 0 Å². The number of carboxylic acid groups (broad SMARTS) is 1. The number of carbonyl (C=O) groups excluding carboxylic acids is 2. The van der Waals surface area contributed by atoms with Gasteiger partial charge in [0.2, 0.25) is 10.0 Å². The van der Waals surface area contributed by atoms with Crippen LogP contribution in [0.3, 0.4) is 0 Å². The molecule has 1 amide bonds. The van der Waals surface area contributed by atoms with E-state index >= 15 is 0 Å². The highest BCUT2D eigenvalue weighted by Crippen LogP contribution is 2.22. The number of carbonyl (C=O) groups is 2. The first-order valence-corrected chi connectivity index (χ1v) is 9.36. The smallest absolute Gasteiger partial charge is 0.261 e. The Morgan fingerprint density at radius 1 is 1.25 bits per heavy atom. The third-order valence-corrected chi connectivity index (χ3v) is 5.57. The predicted octanol–water partition coefficient (Wildman–Crippen LogP) is 0.267. The van der Waals surface area contributed by atoms with Crippen molar-refractivity contribution in [2.45, 2.75) is 17.9 Å². The van der Waals surface area contributed by atoms with Crippen molar-refractivity contribution in [2.24, 2.45) is 0 Å². The minimum absolute atomic E-state index is 0.170. The molecule has 128 valence electrons. The van der Waals surface area contributed by atoms with Crippen LogP contribution < -0.4 is 15.1 Å². The zero-order chi connectivity index (χ0) is 17.7. The molecular formula is C15H15N2O5S2-. The average Bonchev–Trinajstić information content (AvgIpc) is 3.04. The zero-order valence-corrected chi connectivity index (χ0v) is 14.3. The second-order valence-corrected chi connectivity index (χ2v) is 7.42. The fourth-order valence-corrected chi connectivity index (χ4v) is 4.31. The second kappa shape index (κ2) is 7.56. The highest BCUT2D eigenvalue weighted by Gasteiger charge is 2.24. The van der Waals surface area contributed by atoms with Crippen LogP contribution in [0, 0.1) is 0 Å². The largest absolute Gasteiger partial charge is 0.548 e. The Bertz CT molecular complexity index is 831. The van der Waals surface area contributed by atoms with Gasteiger partial charge < -0.3 is 15.2 Å². The summed E-state index contributed by atoms with van der Waals surface area (Å²) in [6.07, 6.45) is 0. The molecule has 0 bridgehead atoms. The van der Waals surface area contributed by atoms with E-state index in [0.29, 0.717) is 6.54 Å². The van der Waals surface area contributed by atoms with Crippen LogP contribution in [0.1, 0.15) is 28.2 Å². The van der Waals surface area contributed by atoms with Crippen LogP contribution in [-0.2, 0) is 14.8 Å². The summed E-state index contributed by atoms with van der Waals surface area (Å²) >= 11 is 0.962. The number of benzene rings is 1. The Morgan fingerprint density at radius 2 is 1.92 bits per heavy atom. The lowest BCUT2D eigenvalue weighted by atomic mass is 10.1. The van der Waals surface area contributed by atoms with E-state index in [9.17, 15) is 23.1 Å². The molecule has 24 heavy (non-hydrogen) atoms. The van der Waals surface area contributed by atoms with Gasteiger partial charge in [-0.1, -0.05) is 30.3 Å². The van der Waals surface area contributed by atoms with Gasteiger partial charge in [0, 0.05) is 11.9 Å². The van der Waals surface area contributed by atoms with Crippen molar-refractivity contribution in [2.75, 3.05) is 6.54 Å². The van der Waals surface area contributed by atoms with Crippen LogP contribution in [0.5, 0.6) is 0 Å². The number of aliphatic carboxylic acids is 1. The number of sulfonamides is 1. The van der Waals surface area contributed by atoms with Gasteiger partial charge in [0.15, 0.2) is 0 Å². The monoisotopic (exact) mass is 367 g/mol. The van der Waals surface area contributed by atoms with Gasteiger partial charge in [0.1, 0.15) is 0 Å². The molecule has 2 N–H and O–H groups in total. The minimum Gasteiger partial charge on any atom is -0.548 e. The first kappa shape index (κ1) is 18.1. The van der Waals surface area contributed by atoms with Crippen molar-refractivity contribution in [3.63, 3.8) is 0 Å². The molecule has 2 aromatic rings. The second-order valence-electron chi connectivity index (χ2n) is 4.79.